The topological polar surface area (TPSA) is 106 Å². The van der Waals surface area contributed by atoms with Crippen molar-refractivity contribution in [1.82, 2.24) is 25.0 Å². The number of aromatic nitrogens is 3. The molecule has 3 N–H and O–H groups in total. The zero-order chi connectivity index (χ0) is 28.3. The molecule has 1 aliphatic heterocycles. The Labute approximate surface area is 218 Å². The van der Waals surface area contributed by atoms with Crippen molar-refractivity contribution in [3.63, 3.8) is 0 Å². The highest BCUT2D eigenvalue weighted by Crippen LogP contribution is 2.29. The van der Waals surface area contributed by atoms with Crippen LogP contribution in [0.15, 0.2) is 42.5 Å². The number of hydrogen-bond donors (Lipinski definition) is 2. The van der Waals surface area contributed by atoms with Crippen LogP contribution in [0, 0.1) is 17.5 Å². The summed E-state index contributed by atoms with van der Waals surface area (Å²) >= 11 is 0. The first-order chi connectivity index (χ1) is 18.4. The van der Waals surface area contributed by atoms with Gasteiger partial charge < -0.3 is 20.5 Å². The molecule has 1 aliphatic rings. The van der Waals surface area contributed by atoms with Crippen LogP contribution in [0.3, 0.4) is 0 Å². The van der Waals surface area contributed by atoms with Crippen LogP contribution in [0.4, 0.5) is 26.3 Å². The predicted octanol–water partition coefficient (Wildman–Crippen LogP) is 2.74. The summed E-state index contributed by atoms with van der Waals surface area (Å²) in [5.41, 5.74) is 6.52. The van der Waals surface area contributed by atoms with E-state index in [1.807, 2.05) is 0 Å². The van der Waals surface area contributed by atoms with Gasteiger partial charge in [0.05, 0.1) is 12.6 Å². The third-order valence-electron chi connectivity index (χ3n) is 6.32. The fourth-order valence-corrected chi connectivity index (χ4v) is 4.35. The lowest BCUT2D eigenvalue weighted by Crippen LogP contribution is -2.49. The van der Waals surface area contributed by atoms with E-state index in [0.29, 0.717) is 12.1 Å². The van der Waals surface area contributed by atoms with E-state index in [1.165, 1.54) is 4.90 Å². The van der Waals surface area contributed by atoms with Gasteiger partial charge in [0, 0.05) is 31.6 Å². The van der Waals surface area contributed by atoms with Gasteiger partial charge in [-0.2, -0.15) is 13.2 Å². The molecule has 1 aromatic heterocycles. The van der Waals surface area contributed by atoms with Gasteiger partial charge in [0.15, 0.2) is 17.5 Å². The molecule has 14 heteroatoms. The standard InChI is InChI=1S/C25H24F6N6O2/c26-17-12-19(28)18(27)10-15(17)9-16(33-23(39)20(32)8-14-4-2-1-3-5-14)11-22(38)36-6-7-37-21(13-36)34-35-24(37)25(29,30)31/h1-5,10,12,16,20H,6-9,11,13,32H2,(H,33,39). The van der Waals surface area contributed by atoms with E-state index in [9.17, 15) is 35.9 Å². The third-order valence-corrected chi connectivity index (χ3v) is 6.32. The van der Waals surface area contributed by atoms with Crippen LogP contribution in [-0.2, 0) is 41.7 Å². The number of nitrogens with one attached hydrogen (secondary N) is 1. The maximum atomic E-state index is 14.4. The van der Waals surface area contributed by atoms with Crippen molar-refractivity contribution in [2.24, 2.45) is 5.73 Å². The van der Waals surface area contributed by atoms with Crippen LogP contribution in [0.2, 0.25) is 0 Å². The highest BCUT2D eigenvalue weighted by molar-refractivity contribution is 5.83. The molecule has 0 fully saturated rings. The van der Waals surface area contributed by atoms with Crippen molar-refractivity contribution in [1.29, 1.82) is 0 Å². The van der Waals surface area contributed by atoms with E-state index in [4.69, 9.17) is 5.73 Å². The Kier molecular flexibility index (Phi) is 8.23. The maximum Gasteiger partial charge on any atom is 0.451 e. The number of nitrogens with two attached hydrogens (primary N) is 1. The molecule has 0 radical (unpaired) electrons. The van der Waals surface area contributed by atoms with Crippen LogP contribution in [0.1, 0.15) is 29.2 Å². The Bertz CT molecular complexity index is 1350. The van der Waals surface area contributed by atoms with Gasteiger partial charge in [0.25, 0.3) is 0 Å². The quantitative estimate of drug-likeness (QED) is 0.329. The van der Waals surface area contributed by atoms with Gasteiger partial charge in [0.2, 0.25) is 17.6 Å². The van der Waals surface area contributed by atoms with Gasteiger partial charge in [-0.05, 0) is 30.0 Å². The Balaban J connectivity index is 1.49. The van der Waals surface area contributed by atoms with Gasteiger partial charge in [-0.1, -0.05) is 30.3 Å². The van der Waals surface area contributed by atoms with Crippen LogP contribution in [-0.4, -0.2) is 50.1 Å². The molecule has 2 aromatic carbocycles. The molecule has 3 aromatic rings. The van der Waals surface area contributed by atoms with Gasteiger partial charge in [-0.3, -0.25) is 9.59 Å². The number of hydrogen-bond acceptors (Lipinski definition) is 5. The molecule has 39 heavy (non-hydrogen) atoms. The van der Waals surface area contributed by atoms with Gasteiger partial charge in [-0.15, -0.1) is 10.2 Å². The van der Waals surface area contributed by atoms with Crippen LogP contribution < -0.4 is 11.1 Å². The lowest BCUT2D eigenvalue weighted by molar-refractivity contribution is -0.148. The number of fused-ring (bicyclic) bond motifs is 1. The Morgan fingerprint density at radius 3 is 2.36 bits per heavy atom. The maximum absolute atomic E-state index is 14.4. The normalized spacial score (nSPS) is 15.0. The first-order valence-electron chi connectivity index (χ1n) is 11.9. The largest absolute Gasteiger partial charge is 0.451 e. The predicted molar refractivity (Wildman–Crippen MR) is 125 cm³/mol. The number of amides is 2. The van der Waals surface area contributed by atoms with E-state index in [-0.39, 0.29) is 43.9 Å². The molecule has 8 nitrogen and oxygen atoms in total. The third kappa shape index (κ3) is 6.74. The van der Waals surface area contributed by atoms with Crippen molar-refractivity contribution in [2.45, 2.75) is 50.6 Å². The summed E-state index contributed by atoms with van der Waals surface area (Å²) in [5, 5.41) is 9.28. The summed E-state index contributed by atoms with van der Waals surface area (Å²) in [4.78, 5) is 27.2. The summed E-state index contributed by atoms with van der Waals surface area (Å²) in [6.07, 6.45) is -5.33. The number of carbonyl (C=O) groups is 2. The minimum atomic E-state index is -4.71. The van der Waals surface area contributed by atoms with Crippen LogP contribution in [0.25, 0.3) is 0 Å². The fourth-order valence-electron chi connectivity index (χ4n) is 4.35. The lowest BCUT2D eigenvalue weighted by Gasteiger charge is -2.30. The van der Waals surface area contributed by atoms with Crippen LogP contribution >= 0.6 is 0 Å². The summed E-state index contributed by atoms with van der Waals surface area (Å²) in [6.45, 7) is -0.573. The average Bonchev–Trinajstić information content (AvgIpc) is 3.32. The van der Waals surface area contributed by atoms with Crippen molar-refractivity contribution in [3.05, 3.63) is 82.7 Å². The zero-order valence-corrected chi connectivity index (χ0v) is 20.4. The van der Waals surface area contributed by atoms with E-state index in [0.717, 1.165) is 10.1 Å². The highest BCUT2D eigenvalue weighted by atomic mass is 19.4. The average molecular weight is 554 g/mol. The molecule has 4 rings (SSSR count). The lowest BCUT2D eigenvalue weighted by atomic mass is 10.00. The minimum Gasteiger partial charge on any atom is -0.351 e. The summed E-state index contributed by atoms with van der Waals surface area (Å²) in [7, 11) is 0. The number of carbonyl (C=O) groups excluding carboxylic acids is 2. The van der Waals surface area contributed by atoms with Crippen molar-refractivity contribution < 1.29 is 35.9 Å². The van der Waals surface area contributed by atoms with Crippen molar-refractivity contribution in [3.8, 4) is 0 Å². The highest BCUT2D eigenvalue weighted by Gasteiger charge is 2.40. The molecule has 2 atom stereocenters. The minimum absolute atomic E-state index is 0.0703. The Hall–Kier alpha value is -3.94. The monoisotopic (exact) mass is 554 g/mol. The van der Waals surface area contributed by atoms with Crippen LogP contribution in [0.5, 0.6) is 0 Å². The molecule has 0 aliphatic carbocycles. The summed E-state index contributed by atoms with van der Waals surface area (Å²) in [5.74, 6) is -6.25. The molecular formula is C25H24F6N6O2. The molecule has 2 unspecified atom stereocenters. The smallest absolute Gasteiger partial charge is 0.351 e. The van der Waals surface area contributed by atoms with E-state index in [2.05, 4.69) is 15.5 Å². The second kappa shape index (κ2) is 11.4. The first kappa shape index (κ1) is 28.1. The first-order valence-corrected chi connectivity index (χ1v) is 11.9. The van der Waals surface area contributed by atoms with Gasteiger partial charge in [0.1, 0.15) is 5.82 Å². The molecule has 2 heterocycles. The number of halogens is 6. The molecule has 0 saturated heterocycles. The van der Waals surface area contributed by atoms with Gasteiger partial charge in [-0.25, -0.2) is 13.2 Å². The number of rotatable bonds is 8. The number of benzene rings is 2. The van der Waals surface area contributed by atoms with Crippen molar-refractivity contribution in [2.75, 3.05) is 6.54 Å². The molecule has 0 saturated carbocycles. The zero-order valence-electron chi connectivity index (χ0n) is 20.4. The Morgan fingerprint density at radius 1 is 0.974 bits per heavy atom. The van der Waals surface area contributed by atoms with E-state index >= 15 is 0 Å². The van der Waals surface area contributed by atoms with E-state index < -0.39 is 59.8 Å². The molecular weight excluding hydrogens is 530 g/mol. The molecule has 208 valence electrons. The van der Waals surface area contributed by atoms with E-state index in [1.54, 1.807) is 30.3 Å². The summed E-state index contributed by atoms with van der Waals surface area (Å²) in [6, 6.07) is 7.75. The second-order valence-corrected chi connectivity index (χ2v) is 9.17. The SMILES string of the molecule is NC(Cc1ccccc1)C(=O)NC(CC(=O)N1CCn2c(nnc2C(F)(F)F)C1)Cc1cc(F)c(F)cc1F. The number of alkyl halides is 3. The molecule has 2 amide bonds. The molecule has 0 spiro atoms. The fraction of sp³-hybridized carbons (Fsp3) is 0.360. The molecule has 0 bridgehead atoms. The number of nitrogens with zero attached hydrogens (tertiary/aromatic N) is 4. The van der Waals surface area contributed by atoms with Gasteiger partial charge >= 0.3 is 6.18 Å². The second-order valence-electron chi connectivity index (χ2n) is 9.17. The van der Waals surface area contributed by atoms with Crippen molar-refractivity contribution >= 4 is 11.8 Å². The summed E-state index contributed by atoms with van der Waals surface area (Å²) < 4.78 is 81.8. The Morgan fingerprint density at radius 2 is 1.67 bits per heavy atom.